The van der Waals surface area contributed by atoms with Gasteiger partial charge in [0.1, 0.15) is 24.7 Å². The van der Waals surface area contributed by atoms with Gasteiger partial charge in [0.15, 0.2) is 0 Å². The van der Waals surface area contributed by atoms with E-state index in [1.165, 1.54) is 0 Å². The molecule has 4 heteroatoms. The Morgan fingerprint density at radius 1 is 1.05 bits per heavy atom. The van der Waals surface area contributed by atoms with E-state index in [4.69, 9.17) is 9.47 Å². The number of aromatic nitrogens is 1. The second kappa shape index (κ2) is 8.27. The molecular weight excluding hydrogens is 264 g/mol. The Morgan fingerprint density at radius 2 is 1.86 bits per heavy atom. The van der Waals surface area contributed by atoms with Gasteiger partial charge in [0.25, 0.3) is 0 Å². The zero-order valence-corrected chi connectivity index (χ0v) is 12.6. The minimum atomic E-state index is 0.451. The van der Waals surface area contributed by atoms with Gasteiger partial charge in [0.05, 0.1) is 6.20 Å². The van der Waals surface area contributed by atoms with Crippen molar-refractivity contribution >= 4 is 0 Å². The standard InChI is InChI=1S/C17H22N2O2/c1-14(2)19-12-15-6-3-4-8-17(15)21-11-10-20-16-7-5-9-18-13-16/h3-9,13-14,19H,10-12H2,1-2H3. The lowest BCUT2D eigenvalue weighted by Crippen LogP contribution is -2.22. The number of para-hydroxylation sites is 1. The van der Waals surface area contributed by atoms with Crippen LogP contribution in [-0.4, -0.2) is 24.2 Å². The van der Waals surface area contributed by atoms with E-state index in [-0.39, 0.29) is 0 Å². The lowest BCUT2D eigenvalue weighted by molar-refractivity contribution is 0.215. The average molecular weight is 286 g/mol. The van der Waals surface area contributed by atoms with Gasteiger partial charge in [-0.15, -0.1) is 0 Å². The minimum absolute atomic E-state index is 0.451. The van der Waals surface area contributed by atoms with Crippen LogP contribution in [0.25, 0.3) is 0 Å². The molecule has 21 heavy (non-hydrogen) atoms. The van der Waals surface area contributed by atoms with Gasteiger partial charge in [-0.05, 0) is 18.2 Å². The van der Waals surface area contributed by atoms with Crippen LogP contribution in [0.1, 0.15) is 19.4 Å². The Bertz CT molecular complexity index is 529. The van der Waals surface area contributed by atoms with Gasteiger partial charge in [-0.25, -0.2) is 0 Å². The van der Waals surface area contributed by atoms with E-state index < -0.39 is 0 Å². The number of benzene rings is 1. The largest absolute Gasteiger partial charge is 0.490 e. The SMILES string of the molecule is CC(C)NCc1ccccc1OCCOc1cccnc1. The molecule has 0 atom stereocenters. The molecule has 1 N–H and O–H groups in total. The highest BCUT2D eigenvalue weighted by Crippen LogP contribution is 2.18. The zero-order valence-electron chi connectivity index (χ0n) is 12.6. The summed E-state index contributed by atoms with van der Waals surface area (Å²) in [4.78, 5) is 4.00. The molecule has 2 rings (SSSR count). The first-order valence-electron chi connectivity index (χ1n) is 7.22. The Balaban J connectivity index is 1.80. The molecule has 0 aliphatic rings. The highest BCUT2D eigenvalue weighted by Gasteiger charge is 2.03. The number of pyridine rings is 1. The maximum absolute atomic E-state index is 5.81. The second-order valence-corrected chi connectivity index (χ2v) is 5.03. The maximum atomic E-state index is 5.81. The maximum Gasteiger partial charge on any atom is 0.137 e. The molecule has 0 fully saturated rings. The molecule has 2 aromatic rings. The van der Waals surface area contributed by atoms with Gasteiger partial charge in [-0.2, -0.15) is 0 Å². The van der Waals surface area contributed by atoms with Crippen LogP contribution in [-0.2, 0) is 6.54 Å². The van der Waals surface area contributed by atoms with Gasteiger partial charge in [0.2, 0.25) is 0 Å². The van der Waals surface area contributed by atoms with Crippen molar-refractivity contribution in [2.24, 2.45) is 0 Å². The van der Waals surface area contributed by atoms with Crippen LogP contribution in [0.5, 0.6) is 11.5 Å². The number of ether oxygens (including phenoxy) is 2. The third-order valence-corrected chi connectivity index (χ3v) is 2.92. The molecule has 0 saturated heterocycles. The van der Waals surface area contributed by atoms with E-state index >= 15 is 0 Å². The van der Waals surface area contributed by atoms with Crippen LogP contribution in [0.15, 0.2) is 48.8 Å². The quantitative estimate of drug-likeness (QED) is 0.758. The third-order valence-electron chi connectivity index (χ3n) is 2.92. The molecular formula is C17H22N2O2. The van der Waals surface area contributed by atoms with Crippen molar-refractivity contribution in [1.82, 2.24) is 10.3 Å². The van der Waals surface area contributed by atoms with Crippen molar-refractivity contribution < 1.29 is 9.47 Å². The molecule has 4 nitrogen and oxygen atoms in total. The molecule has 0 spiro atoms. The summed E-state index contributed by atoms with van der Waals surface area (Å²) in [5.41, 5.74) is 1.16. The number of rotatable bonds is 8. The molecule has 112 valence electrons. The van der Waals surface area contributed by atoms with Crippen LogP contribution >= 0.6 is 0 Å². The monoisotopic (exact) mass is 286 g/mol. The normalized spacial score (nSPS) is 10.6. The zero-order chi connectivity index (χ0) is 14.9. The first-order valence-corrected chi connectivity index (χ1v) is 7.22. The molecule has 0 radical (unpaired) electrons. The fraction of sp³-hybridized carbons (Fsp3) is 0.353. The highest BCUT2D eigenvalue weighted by molar-refractivity contribution is 5.33. The number of hydrogen-bond donors (Lipinski definition) is 1. The van der Waals surface area contributed by atoms with Crippen molar-refractivity contribution in [2.75, 3.05) is 13.2 Å². The smallest absolute Gasteiger partial charge is 0.137 e. The molecule has 1 aromatic heterocycles. The fourth-order valence-electron chi connectivity index (χ4n) is 1.85. The van der Waals surface area contributed by atoms with Crippen molar-refractivity contribution in [3.8, 4) is 11.5 Å². The van der Waals surface area contributed by atoms with Gasteiger partial charge in [-0.3, -0.25) is 4.98 Å². The molecule has 0 bridgehead atoms. The lowest BCUT2D eigenvalue weighted by Gasteiger charge is -2.14. The van der Waals surface area contributed by atoms with E-state index in [0.29, 0.717) is 19.3 Å². The summed E-state index contributed by atoms with van der Waals surface area (Å²) >= 11 is 0. The molecule has 0 aliphatic carbocycles. The van der Waals surface area contributed by atoms with E-state index in [9.17, 15) is 0 Å². The molecule has 0 amide bonds. The Morgan fingerprint density at radius 3 is 2.62 bits per heavy atom. The Kier molecular flexibility index (Phi) is 6.03. The van der Waals surface area contributed by atoms with Crippen molar-refractivity contribution in [2.45, 2.75) is 26.4 Å². The average Bonchev–Trinajstić information content (AvgIpc) is 2.51. The predicted octanol–water partition coefficient (Wildman–Crippen LogP) is 3.04. The second-order valence-electron chi connectivity index (χ2n) is 5.03. The number of nitrogens with one attached hydrogen (secondary N) is 1. The van der Waals surface area contributed by atoms with Gasteiger partial charge in [0, 0.05) is 24.3 Å². The summed E-state index contributed by atoms with van der Waals surface area (Å²) in [5, 5.41) is 3.40. The van der Waals surface area contributed by atoms with Crippen LogP contribution in [0, 0.1) is 0 Å². The van der Waals surface area contributed by atoms with Crippen LogP contribution in [0.4, 0.5) is 0 Å². The Labute approximate surface area is 126 Å². The third kappa shape index (κ3) is 5.44. The van der Waals surface area contributed by atoms with Crippen molar-refractivity contribution in [1.29, 1.82) is 0 Å². The summed E-state index contributed by atoms with van der Waals surface area (Å²) in [6.07, 6.45) is 3.42. The van der Waals surface area contributed by atoms with E-state index in [0.717, 1.165) is 23.6 Å². The molecule has 0 unspecified atom stereocenters. The van der Waals surface area contributed by atoms with E-state index in [1.807, 2.05) is 30.3 Å². The minimum Gasteiger partial charge on any atom is -0.490 e. The van der Waals surface area contributed by atoms with Crippen molar-refractivity contribution in [3.63, 3.8) is 0 Å². The number of nitrogens with zero attached hydrogens (tertiary/aromatic N) is 1. The summed E-state index contributed by atoms with van der Waals surface area (Å²) in [6, 6.07) is 12.3. The van der Waals surface area contributed by atoms with Gasteiger partial charge in [-0.1, -0.05) is 32.0 Å². The fourth-order valence-corrected chi connectivity index (χ4v) is 1.85. The first-order chi connectivity index (χ1) is 10.3. The predicted molar refractivity (Wildman–Crippen MR) is 83.6 cm³/mol. The van der Waals surface area contributed by atoms with Crippen LogP contribution in [0.2, 0.25) is 0 Å². The summed E-state index contributed by atoms with van der Waals surface area (Å²) in [5.74, 6) is 1.66. The topological polar surface area (TPSA) is 43.4 Å². The van der Waals surface area contributed by atoms with Crippen molar-refractivity contribution in [3.05, 3.63) is 54.4 Å². The number of hydrogen-bond acceptors (Lipinski definition) is 4. The molecule has 0 aliphatic heterocycles. The summed E-state index contributed by atoms with van der Waals surface area (Å²) in [7, 11) is 0. The lowest BCUT2D eigenvalue weighted by atomic mass is 10.2. The Hall–Kier alpha value is -2.07. The summed E-state index contributed by atoms with van der Waals surface area (Å²) in [6.45, 7) is 6.07. The molecule has 1 aromatic carbocycles. The van der Waals surface area contributed by atoms with Gasteiger partial charge >= 0.3 is 0 Å². The highest BCUT2D eigenvalue weighted by atomic mass is 16.5. The van der Waals surface area contributed by atoms with Gasteiger partial charge < -0.3 is 14.8 Å². The van der Waals surface area contributed by atoms with E-state index in [1.54, 1.807) is 12.4 Å². The first kappa shape index (κ1) is 15.3. The summed E-state index contributed by atoms with van der Waals surface area (Å²) < 4.78 is 11.4. The molecule has 1 heterocycles. The molecule has 0 saturated carbocycles. The van der Waals surface area contributed by atoms with E-state index in [2.05, 4.69) is 30.2 Å². The van der Waals surface area contributed by atoms with Crippen LogP contribution in [0.3, 0.4) is 0 Å². The van der Waals surface area contributed by atoms with Crippen LogP contribution < -0.4 is 14.8 Å².